The molecule has 0 aliphatic heterocycles. The number of nitrogens with one attached hydrogen (secondary N) is 2. The Morgan fingerprint density at radius 1 is 1.43 bits per heavy atom. The Morgan fingerprint density at radius 2 is 1.86 bits per heavy atom. The van der Waals surface area contributed by atoms with Crippen LogP contribution in [0.1, 0.15) is 13.3 Å². The van der Waals surface area contributed by atoms with Gasteiger partial charge in [0.25, 0.3) is 0 Å². The molecule has 0 amide bonds. The van der Waals surface area contributed by atoms with Crippen molar-refractivity contribution in [2.45, 2.75) is 13.3 Å². The maximum Gasteiger partial charge on any atom is 1.00 e. The molecule has 0 radical (unpaired) electrons. The van der Waals surface area contributed by atoms with Gasteiger partial charge in [-0.2, -0.15) is 0 Å². The fraction of sp³-hybridized carbons (Fsp3) is 0.500. The molecule has 8 heteroatoms. The molecule has 0 spiro atoms. The van der Waals surface area contributed by atoms with E-state index in [2.05, 4.69) is 22.2 Å². The van der Waals surface area contributed by atoms with Gasteiger partial charge in [0, 0.05) is 18.1 Å². The summed E-state index contributed by atoms with van der Waals surface area (Å²) in [5.74, 6) is -0.243. The average Bonchev–Trinajstić information content (AvgIpc) is 2.38. The van der Waals surface area contributed by atoms with Crippen LogP contribution in [0.2, 0.25) is 0 Å². The minimum Gasteiger partial charge on any atom is -0.748 e. The number of aromatic nitrogens is 2. The molecule has 0 saturated heterocycles. The second kappa shape index (κ2) is 8.63. The summed E-state index contributed by atoms with van der Waals surface area (Å²) in [4.78, 5) is 5.52. The van der Waals surface area contributed by atoms with E-state index in [9.17, 15) is 13.0 Å². The normalized spacial score (nSPS) is 9.57. The third kappa shape index (κ3) is 12.3. The van der Waals surface area contributed by atoms with Crippen LogP contribution in [0.25, 0.3) is 0 Å². The van der Waals surface area contributed by atoms with Gasteiger partial charge in [0.1, 0.15) is 0 Å². The molecule has 0 saturated carbocycles. The fourth-order valence-electron chi connectivity index (χ4n) is 0.526. The van der Waals surface area contributed by atoms with Crippen LogP contribution in [0.3, 0.4) is 0 Å². The van der Waals surface area contributed by atoms with Gasteiger partial charge in [0.05, 0.1) is 10.1 Å². The minimum atomic E-state index is -3.92. The van der Waals surface area contributed by atoms with Crippen LogP contribution in [-0.2, 0) is 10.1 Å². The number of aromatic amines is 2. The quantitative estimate of drug-likeness (QED) is 0.359. The summed E-state index contributed by atoms with van der Waals surface area (Å²) in [5.41, 5.74) is 0. The summed E-state index contributed by atoms with van der Waals surface area (Å²) < 4.78 is 29.7. The van der Waals surface area contributed by atoms with Gasteiger partial charge >= 0.3 is 29.6 Å². The first-order valence-electron chi connectivity index (χ1n) is 3.61. The van der Waals surface area contributed by atoms with Crippen LogP contribution in [0.15, 0.2) is 12.4 Å². The molecule has 0 atom stereocenters. The van der Waals surface area contributed by atoms with Crippen LogP contribution in [0.4, 0.5) is 0 Å². The van der Waals surface area contributed by atoms with Crippen molar-refractivity contribution >= 4 is 22.3 Å². The van der Waals surface area contributed by atoms with Gasteiger partial charge in [-0.25, -0.2) is 8.42 Å². The van der Waals surface area contributed by atoms with E-state index in [1.165, 1.54) is 0 Å². The van der Waals surface area contributed by atoms with E-state index >= 15 is 0 Å². The largest absolute Gasteiger partial charge is 1.00 e. The van der Waals surface area contributed by atoms with Crippen LogP contribution < -0.4 is 29.6 Å². The molecule has 0 bridgehead atoms. The van der Waals surface area contributed by atoms with Crippen molar-refractivity contribution < 1.29 is 42.5 Å². The molecule has 2 N–H and O–H groups in total. The van der Waals surface area contributed by atoms with Gasteiger partial charge in [0.15, 0.2) is 4.77 Å². The molecule has 0 aliphatic carbocycles. The van der Waals surface area contributed by atoms with Gasteiger partial charge in [-0.1, -0.05) is 6.92 Å². The molecule has 0 fully saturated rings. The molecule has 1 aromatic heterocycles. The maximum absolute atomic E-state index is 9.68. The molecule has 1 heterocycles. The van der Waals surface area contributed by atoms with E-state index in [0.717, 1.165) is 0 Å². The Balaban J connectivity index is 0. The van der Waals surface area contributed by atoms with E-state index in [-0.39, 0.29) is 35.3 Å². The van der Waals surface area contributed by atoms with Gasteiger partial charge in [0.2, 0.25) is 0 Å². The zero-order chi connectivity index (χ0) is 10.3. The third-order valence-electron chi connectivity index (χ3n) is 0.966. The first-order chi connectivity index (χ1) is 5.95. The Kier molecular flexibility index (Phi) is 10.3. The van der Waals surface area contributed by atoms with E-state index in [1.54, 1.807) is 19.3 Å². The second-order valence-electron chi connectivity index (χ2n) is 2.21. The molecule has 0 aliphatic rings. The maximum atomic E-state index is 9.68. The topological polar surface area (TPSA) is 88.8 Å². The number of hydrogen-bond acceptors (Lipinski definition) is 4. The minimum absolute atomic E-state index is 0. The van der Waals surface area contributed by atoms with Crippen molar-refractivity contribution in [2.24, 2.45) is 0 Å². The summed E-state index contributed by atoms with van der Waals surface area (Å²) in [5, 5.41) is 0. The summed E-state index contributed by atoms with van der Waals surface area (Å²) in [6.07, 6.45) is 3.91. The summed E-state index contributed by atoms with van der Waals surface area (Å²) in [6, 6.07) is 0. The molecule has 0 unspecified atom stereocenters. The first-order valence-corrected chi connectivity index (χ1v) is 5.60. The fourth-order valence-corrected chi connectivity index (χ4v) is 1.16. The van der Waals surface area contributed by atoms with Crippen molar-refractivity contribution in [3.05, 3.63) is 17.2 Å². The Morgan fingerprint density at radius 3 is 1.93 bits per heavy atom. The molecule has 1 rings (SSSR count). The summed E-state index contributed by atoms with van der Waals surface area (Å²) in [7, 11) is -3.92. The number of imidazole rings is 1. The number of rotatable bonds is 2. The van der Waals surface area contributed by atoms with Crippen LogP contribution in [0.5, 0.6) is 0 Å². The van der Waals surface area contributed by atoms with Crippen LogP contribution in [0, 0.1) is 4.77 Å². The Labute approximate surface area is 110 Å². The SMILES string of the molecule is CCCS(=O)(=O)[O-].S=c1[nH]cc[nH]1.[Na+]. The Bertz CT molecular complexity index is 354. The predicted octanol–water partition coefficient (Wildman–Crippen LogP) is -1.98. The average molecular weight is 246 g/mol. The standard InChI is InChI=1S/C3H4N2S.C3H8O3S.Na/c6-3-4-1-2-5-3;1-2-3-7(4,5)6;/h1-2H,(H2,4,5,6);2-3H2,1H3,(H,4,5,6);/q;;+1/p-1. The number of H-pyrrole nitrogens is 2. The van der Waals surface area contributed by atoms with Crippen molar-refractivity contribution in [3.63, 3.8) is 0 Å². The molecule has 1 aromatic rings. The van der Waals surface area contributed by atoms with Gasteiger partial charge in [-0.15, -0.1) is 0 Å². The van der Waals surface area contributed by atoms with Crippen molar-refractivity contribution in [2.75, 3.05) is 5.75 Å². The zero-order valence-electron chi connectivity index (χ0n) is 8.11. The smallest absolute Gasteiger partial charge is 0.748 e. The van der Waals surface area contributed by atoms with Crippen LogP contribution >= 0.6 is 12.2 Å². The van der Waals surface area contributed by atoms with E-state index in [4.69, 9.17) is 0 Å². The summed E-state index contributed by atoms with van der Waals surface area (Å²) in [6.45, 7) is 1.65. The molecule has 14 heavy (non-hydrogen) atoms. The van der Waals surface area contributed by atoms with Crippen molar-refractivity contribution in [1.29, 1.82) is 0 Å². The zero-order valence-corrected chi connectivity index (χ0v) is 11.7. The molecular weight excluding hydrogens is 235 g/mol. The van der Waals surface area contributed by atoms with Gasteiger partial charge in [-0.05, 0) is 18.6 Å². The predicted molar refractivity (Wildman–Crippen MR) is 50.8 cm³/mol. The van der Waals surface area contributed by atoms with Crippen molar-refractivity contribution in [1.82, 2.24) is 9.97 Å². The van der Waals surface area contributed by atoms with E-state index in [0.29, 0.717) is 11.2 Å². The molecule has 0 aromatic carbocycles. The van der Waals surface area contributed by atoms with Gasteiger partial charge < -0.3 is 14.5 Å². The van der Waals surface area contributed by atoms with E-state index < -0.39 is 10.1 Å². The molecule has 76 valence electrons. The number of hydrogen-bond donors (Lipinski definition) is 2. The Hall–Kier alpha value is 0.340. The second-order valence-corrected chi connectivity index (χ2v) is 4.14. The summed E-state index contributed by atoms with van der Waals surface area (Å²) >= 11 is 4.63. The third-order valence-corrected chi connectivity index (χ3v) is 2.11. The molecular formula is C6H11N2NaO3S2. The van der Waals surface area contributed by atoms with Gasteiger partial charge in [-0.3, -0.25) is 0 Å². The first kappa shape index (κ1) is 16.8. The van der Waals surface area contributed by atoms with Crippen molar-refractivity contribution in [3.8, 4) is 0 Å². The van der Waals surface area contributed by atoms with E-state index in [1.807, 2.05) is 0 Å². The molecule has 5 nitrogen and oxygen atoms in total. The monoisotopic (exact) mass is 246 g/mol. The van der Waals surface area contributed by atoms with Crippen LogP contribution in [-0.4, -0.2) is 28.7 Å².